The second-order valence-electron chi connectivity index (χ2n) is 5.27. The molecule has 0 aliphatic rings. The Morgan fingerprint density at radius 3 is 2.79 bits per heavy atom. The van der Waals surface area contributed by atoms with Crippen LogP contribution >= 0.6 is 0 Å². The first kappa shape index (κ1) is 15.6. The Hall–Kier alpha value is -1.47. The lowest BCUT2D eigenvalue weighted by Gasteiger charge is -2.17. The standard InChI is InChI=1S/C12H23N5O2/c1-12(2,3)17-9-10(15-16-17)7-13-8-11(18)14-5-6-19-4/h9,13H,5-8H2,1-4H3,(H,14,18). The summed E-state index contributed by atoms with van der Waals surface area (Å²) < 4.78 is 6.65. The van der Waals surface area contributed by atoms with Gasteiger partial charge in [0, 0.05) is 20.2 Å². The number of amides is 1. The third-order valence-electron chi connectivity index (χ3n) is 2.45. The molecule has 1 aromatic rings. The number of nitrogens with zero attached hydrogens (tertiary/aromatic N) is 3. The highest BCUT2D eigenvalue weighted by Gasteiger charge is 2.14. The number of carbonyl (C=O) groups excluding carboxylic acids is 1. The van der Waals surface area contributed by atoms with Crippen molar-refractivity contribution in [3.8, 4) is 0 Å². The summed E-state index contributed by atoms with van der Waals surface area (Å²) in [6, 6.07) is 0. The van der Waals surface area contributed by atoms with Crippen LogP contribution in [-0.2, 0) is 21.6 Å². The van der Waals surface area contributed by atoms with Crippen molar-refractivity contribution in [1.29, 1.82) is 0 Å². The minimum atomic E-state index is -0.0806. The van der Waals surface area contributed by atoms with Gasteiger partial charge >= 0.3 is 0 Å². The molecule has 0 aromatic carbocycles. The van der Waals surface area contributed by atoms with E-state index in [4.69, 9.17) is 4.74 Å². The first-order valence-electron chi connectivity index (χ1n) is 6.31. The highest BCUT2D eigenvalue weighted by Crippen LogP contribution is 2.11. The third kappa shape index (κ3) is 5.80. The third-order valence-corrected chi connectivity index (χ3v) is 2.45. The molecule has 0 aliphatic heterocycles. The van der Waals surface area contributed by atoms with E-state index in [0.717, 1.165) is 5.69 Å². The summed E-state index contributed by atoms with van der Waals surface area (Å²) in [4.78, 5) is 11.4. The summed E-state index contributed by atoms with van der Waals surface area (Å²) in [5.41, 5.74) is 0.739. The number of hydrogen-bond donors (Lipinski definition) is 2. The zero-order valence-corrected chi connectivity index (χ0v) is 12.1. The lowest BCUT2D eigenvalue weighted by molar-refractivity contribution is -0.120. The Morgan fingerprint density at radius 1 is 1.47 bits per heavy atom. The van der Waals surface area contributed by atoms with Crippen LogP contribution in [0.15, 0.2) is 6.20 Å². The van der Waals surface area contributed by atoms with Gasteiger partial charge in [-0.05, 0) is 20.8 Å². The summed E-state index contributed by atoms with van der Waals surface area (Å²) in [5, 5.41) is 13.9. The molecule has 0 bridgehead atoms. The van der Waals surface area contributed by atoms with Crippen molar-refractivity contribution < 1.29 is 9.53 Å². The summed E-state index contributed by atoms with van der Waals surface area (Å²) in [6.45, 7) is 8.00. The molecule has 0 radical (unpaired) electrons. The number of rotatable bonds is 7. The predicted octanol–water partition coefficient (Wildman–Crippen LogP) is -0.115. The highest BCUT2D eigenvalue weighted by molar-refractivity contribution is 5.77. The van der Waals surface area contributed by atoms with E-state index in [1.54, 1.807) is 7.11 Å². The van der Waals surface area contributed by atoms with E-state index in [2.05, 4.69) is 41.7 Å². The number of methoxy groups -OCH3 is 1. The van der Waals surface area contributed by atoms with Gasteiger partial charge in [0.15, 0.2) is 0 Å². The van der Waals surface area contributed by atoms with Crippen LogP contribution in [0.1, 0.15) is 26.5 Å². The minimum Gasteiger partial charge on any atom is -0.383 e. The van der Waals surface area contributed by atoms with Crippen LogP contribution in [0.4, 0.5) is 0 Å². The summed E-state index contributed by atoms with van der Waals surface area (Å²) in [6.07, 6.45) is 1.88. The normalized spacial score (nSPS) is 11.6. The van der Waals surface area contributed by atoms with Gasteiger partial charge in [-0.15, -0.1) is 5.10 Å². The average Bonchev–Trinajstić information content (AvgIpc) is 2.78. The van der Waals surface area contributed by atoms with Crippen molar-refractivity contribution in [2.75, 3.05) is 26.8 Å². The van der Waals surface area contributed by atoms with E-state index in [0.29, 0.717) is 19.7 Å². The zero-order valence-electron chi connectivity index (χ0n) is 12.1. The Kier molecular flexibility index (Phi) is 5.91. The fourth-order valence-electron chi connectivity index (χ4n) is 1.37. The van der Waals surface area contributed by atoms with Crippen LogP contribution in [0.2, 0.25) is 0 Å². The van der Waals surface area contributed by atoms with E-state index < -0.39 is 0 Å². The average molecular weight is 269 g/mol. The van der Waals surface area contributed by atoms with Gasteiger partial charge in [-0.25, -0.2) is 4.68 Å². The number of carbonyl (C=O) groups is 1. The number of hydrogen-bond acceptors (Lipinski definition) is 5. The van der Waals surface area contributed by atoms with Crippen LogP contribution in [0, 0.1) is 0 Å². The molecule has 7 nitrogen and oxygen atoms in total. The second kappa shape index (κ2) is 7.20. The monoisotopic (exact) mass is 269 g/mol. The summed E-state index contributed by atoms with van der Waals surface area (Å²) >= 11 is 0. The molecule has 1 heterocycles. The molecule has 19 heavy (non-hydrogen) atoms. The molecule has 0 saturated heterocycles. The molecule has 7 heteroatoms. The van der Waals surface area contributed by atoms with Crippen molar-refractivity contribution in [3.63, 3.8) is 0 Å². The van der Waals surface area contributed by atoms with Crippen LogP contribution < -0.4 is 10.6 Å². The quantitative estimate of drug-likeness (QED) is 0.675. The van der Waals surface area contributed by atoms with E-state index in [9.17, 15) is 4.79 Å². The smallest absolute Gasteiger partial charge is 0.234 e. The fourth-order valence-corrected chi connectivity index (χ4v) is 1.37. The maximum atomic E-state index is 11.4. The zero-order chi connectivity index (χ0) is 14.3. The SMILES string of the molecule is COCCNC(=O)CNCc1cn(C(C)(C)C)nn1. The second-order valence-corrected chi connectivity index (χ2v) is 5.27. The molecule has 0 atom stereocenters. The molecular weight excluding hydrogens is 246 g/mol. The molecule has 108 valence electrons. The maximum Gasteiger partial charge on any atom is 0.234 e. The Morgan fingerprint density at radius 2 is 2.21 bits per heavy atom. The van der Waals surface area contributed by atoms with Gasteiger partial charge in [-0.1, -0.05) is 5.21 Å². The Labute approximate surface area is 113 Å². The van der Waals surface area contributed by atoms with E-state index in [1.165, 1.54) is 0 Å². The molecule has 0 fully saturated rings. The van der Waals surface area contributed by atoms with Crippen molar-refractivity contribution in [2.45, 2.75) is 32.9 Å². The first-order chi connectivity index (χ1) is 8.93. The molecule has 1 amide bonds. The molecular formula is C12H23N5O2. The van der Waals surface area contributed by atoms with Crippen LogP contribution in [0.25, 0.3) is 0 Å². The van der Waals surface area contributed by atoms with Crippen molar-refractivity contribution in [1.82, 2.24) is 25.6 Å². The van der Waals surface area contributed by atoms with Crippen LogP contribution in [0.3, 0.4) is 0 Å². The van der Waals surface area contributed by atoms with E-state index >= 15 is 0 Å². The van der Waals surface area contributed by atoms with Gasteiger partial charge in [0.05, 0.1) is 30.6 Å². The van der Waals surface area contributed by atoms with Gasteiger partial charge in [0.2, 0.25) is 5.91 Å². The lowest BCUT2D eigenvalue weighted by Crippen LogP contribution is -2.35. The lowest BCUT2D eigenvalue weighted by atomic mass is 10.1. The maximum absolute atomic E-state index is 11.4. The fraction of sp³-hybridized carbons (Fsp3) is 0.750. The largest absolute Gasteiger partial charge is 0.383 e. The van der Waals surface area contributed by atoms with Crippen molar-refractivity contribution in [2.24, 2.45) is 0 Å². The van der Waals surface area contributed by atoms with Gasteiger partial charge < -0.3 is 15.4 Å². The molecule has 0 unspecified atom stereocenters. The topological polar surface area (TPSA) is 81.1 Å². The van der Waals surface area contributed by atoms with Crippen LogP contribution in [-0.4, -0.2) is 47.7 Å². The van der Waals surface area contributed by atoms with Gasteiger partial charge in [-0.2, -0.15) is 0 Å². The molecule has 0 aliphatic carbocycles. The number of nitrogens with one attached hydrogen (secondary N) is 2. The van der Waals surface area contributed by atoms with Gasteiger partial charge in [0.25, 0.3) is 0 Å². The molecule has 0 saturated carbocycles. The Bertz CT molecular complexity index is 397. The van der Waals surface area contributed by atoms with Crippen molar-refractivity contribution >= 4 is 5.91 Å². The molecule has 2 N–H and O–H groups in total. The number of ether oxygens (including phenoxy) is 1. The molecule has 1 aromatic heterocycles. The van der Waals surface area contributed by atoms with E-state index in [-0.39, 0.29) is 18.0 Å². The van der Waals surface area contributed by atoms with E-state index in [1.807, 2.05) is 10.9 Å². The van der Waals surface area contributed by atoms with Gasteiger partial charge in [-0.3, -0.25) is 4.79 Å². The minimum absolute atomic E-state index is 0.0553. The predicted molar refractivity (Wildman–Crippen MR) is 71.6 cm³/mol. The first-order valence-corrected chi connectivity index (χ1v) is 6.31. The van der Waals surface area contributed by atoms with Crippen molar-refractivity contribution in [3.05, 3.63) is 11.9 Å². The van der Waals surface area contributed by atoms with Crippen LogP contribution in [0.5, 0.6) is 0 Å². The molecule has 0 spiro atoms. The molecule has 1 rings (SSSR count). The Balaban J connectivity index is 2.26. The van der Waals surface area contributed by atoms with Gasteiger partial charge in [0.1, 0.15) is 0 Å². The summed E-state index contributed by atoms with van der Waals surface area (Å²) in [5.74, 6) is -0.0553. The highest BCUT2D eigenvalue weighted by atomic mass is 16.5. The summed E-state index contributed by atoms with van der Waals surface area (Å²) in [7, 11) is 1.60. The number of aromatic nitrogens is 3.